The predicted octanol–water partition coefficient (Wildman–Crippen LogP) is 4.83. The average molecular weight is 322 g/mol. The SMILES string of the molecule is C1=C[C@@H]2[C@H](C1)[C@H]1N=N[C@H]2[C@@H]2[C@@H]3C[C@@H]([C@H]12)[C@H](Sc1ccccc1)C3. The third kappa shape index (κ3) is 1.72. The summed E-state index contributed by atoms with van der Waals surface area (Å²) in [5, 5.41) is 10.4. The standard InChI is InChI=1S/C20H22N2S/c1-2-5-12(6-3-1)23-16-10-11-9-15(16)18-17(11)19-13-7-4-8-14(13)20(18)22-21-19/h1-7,11,13-20H,8-10H2/t11-,13-,14+,15-,16-,17-,18+,19-,20-/m1/s1. The first-order valence-electron chi connectivity index (χ1n) is 9.18. The summed E-state index contributed by atoms with van der Waals surface area (Å²) in [6.45, 7) is 0. The number of benzene rings is 1. The number of azo groups is 1. The zero-order chi connectivity index (χ0) is 15.0. The average Bonchev–Trinajstić information content (AvgIpc) is 3.31. The van der Waals surface area contributed by atoms with Gasteiger partial charge in [0.1, 0.15) is 0 Å². The molecule has 4 aliphatic carbocycles. The van der Waals surface area contributed by atoms with Crippen molar-refractivity contribution in [2.75, 3.05) is 0 Å². The molecular formula is C20H22N2S. The summed E-state index contributed by atoms with van der Waals surface area (Å²) < 4.78 is 0. The van der Waals surface area contributed by atoms with E-state index in [1.807, 2.05) is 0 Å². The van der Waals surface area contributed by atoms with Crippen LogP contribution in [0.4, 0.5) is 0 Å². The Balaban J connectivity index is 1.31. The maximum atomic E-state index is 4.82. The lowest BCUT2D eigenvalue weighted by molar-refractivity contribution is 0.0202. The van der Waals surface area contributed by atoms with E-state index in [4.69, 9.17) is 10.2 Å². The summed E-state index contributed by atoms with van der Waals surface area (Å²) in [6, 6.07) is 12.1. The Labute approximate surface area is 141 Å². The van der Waals surface area contributed by atoms with Crippen LogP contribution >= 0.6 is 11.8 Å². The van der Waals surface area contributed by atoms with Crippen LogP contribution in [-0.2, 0) is 0 Å². The number of fused-ring (bicyclic) bond motifs is 2. The van der Waals surface area contributed by atoms with E-state index in [1.165, 1.54) is 24.2 Å². The van der Waals surface area contributed by atoms with Crippen molar-refractivity contribution in [1.82, 2.24) is 0 Å². The van der Waals surface area contributed by atoms with Crippen LogP contribution in [0.5, 0.6) is 0 Å². The molecule has 118 valence electrons. The lowest BCUT2D eigenvalue weighted by atomic mass is 9.58. The van der Waals surface area contributed by atoms with Gasteiger partial charge in [0.15, 0.2) is 0 Å². The van der Waals surface area contributed by atoms with Gasteiger partial charge in [-0.2, -0.15) is 10.2 Å². The van der Waals surface area contributed by atoms with E-state index in [9.17, 15) is 0 Å². The van der Waals surface area contributed by atoms with Crippen molar-refractivity contribution in [3.8, 4) is 0 Å². The molecule has 7 rings (SSSR count). The molecule has 0 radical (unpaired) electrons. The molecule has 2 aliphatic heterocycles. The second-order valence-electron chi connectivity index (χ2n) is 8.14. The molecule has 6 aliphatic rings. The highest BCUT2D eigenvalue weighted by atomic mass is 32.2. The summed E-state index contributed by atoms with van der Waals surface area (Å²) >= 11 is 2.13. The smallest absolute Gasteiger partial charge is 0.0808 e. The van der Waals surface area contributed by atoms with Gasteiger partial charge in [0.2, 0.25) is 0 Å². The molecule has 2 nitrogen and oxygen atoms in total. The van der Waals surface area contributed by atoms with Crippen molar-refractivity contribution in [3.63, 3.8) is 0 Å². The van der Waals surface area contributed by atoms with Crippen molar-refractivity contribution in [2.24, 2.45) is 45.7 Å². The van der Waals surface area contributed by atoms with Crippen LogP contribution in [0.25, 0.3) is 0 Å². The van der Waals surface area contributed by atoms with Crippen LogP contribution in [0, 0.1) is 35.5 Å². The molecule has 0 spiro atoms. The van der Waals surface area contributed by atoms with E-state index >= 15 is 0 Å². The molecule has 1 aromatic rings. The van der Waals surface area contributed by atoms with Crippen LogP contribution in [0.1, 0.15) is 19.3 Å². The van der Waals surface area contributed by atoms with Crippen molar-refractivity contribution in [3.05, 3.63) is 42.5 Å². The normalized spacial score (nSPS) is 51.2. The third-order valence-corrected chi connectivity index (χ3v) is 8.71. The molecule has 4 bridgehead atoms. The predicted molar refractivity (Wildman–Crippen MR) is 92.5 cm³/mol. The molecule has 23 heavy (non-hydrogen) atoms. The first kappa shape index (κ1) is 13.2. The molecule has 9 atom stereocenters. The highest BCUT2D eigenvalue weighted by Gasteiger charge is 2.65. The Morgan fingerprint density at radius 2 is 1.78 bits per heavy atom. The Kier molecular flexibility index (Phi) is 2.71. The van der Waals surface area contributed by atoms with Gasteiger partial charge in [-0.05, 0) is 61.0 Å². The van der Waals surface area contributed by atoms with Crippen LogP contribution < -0.4 is 0 Å². The summed E-state index contributed by atoms with van der Waals surface area (Å²) in [7, 11) is 0. The number of nitrogens with zero attached hydrogens (tertiary/aromatic N) is 2. The van der Waals surface area contributed by atoms with E-state index in [-0.39, 0.29) is 0 Å². The van der Waals surface area contributed by atoms with Gasteiger partial charge in [-0.25, -0.2) is 0 Å². The molecule has 0 N–H and O–H groups in total. The minimum absolute atomic E-state index is 0.520. The largest absolute Gasteiger partial charge is 0.190 e. The highest BCUT2D eigenvalue weighted by Crippen LogP contribution is 2.66. The maximum absolute atomic E-state index is 4.82. The molecule has 0 saturated heterocycles. The van der Waals surface area contributed by atoms with E-state index in [0.717, 1.165) is 40.8 Å². The van der Waals surface area contributed by atoms with Crippen molar-refractivity contribution < 1.29 is 0 Å². The topological polar surface area (TPSA) is 24.7 Å². The quantitative estimate of drug-likeness (QED) is 0.716. The summed E-state index contributed by atoms with van der Waals surface area (Å²) in [5.74, 6) is 4.97. The van der Waals surface area contributed by atoms with E-state index in [2.05, 4.69) is 54.2 Å². The molecule has 3 heteroatoms. The van der Waals surface area contributed by atoms with Gasteiger partial charge < -0.3 is 0 Å². The number of allylic oxidation sites excluding steroid dienone is 1. The second-order valence-corrected chi connectivity index (χ2v) is 9.45. The summed E-state index contributed by atoms with van der Waals surface area (Å²) in [5.41, 5.74) is 0. The number of rotatable bonds is 2. The summed E-state index contributed by atoms with van der Waals surface area (Å²) in [6.07, 6.45) is 8.98. The first-order valence-corrected chi connectivity index (χ1v) is 10.1. The Morgan fingerprint density at radius 3 is 2.70 bits per heavy atom. The molecular weight excluding hydrogens is 300 g/mol. The second kappa shape index (κ2) is 4.72. The fourth-order valence-corrected chi connectivity index (χ4v) is 8.10. The molecule has 0 aromatic heterocycles. The number of thioether (sulfide) groups is 1. The van der Waals surface area contributed by atoms with Crippen molar-refractivity contribution in [2.45, 2.75) is 41.5 Å². The van der Waals surface area contributed by atoms with E-state index in [1.54, 1.807) is 0 Å². The molecule has 3 fully saturated rings. The molecule has 0 amide bonds. The van der Waals surface area contributed by atoms with Crippen LogP contribution in [-0.4, -0.2) is 17.3 Å². The third-order valence-electron chi connectivity index (χ3n) is 7.32. The number of hydrogen-bond donors (Lipinski definition) is 0. The molecule has 2 heterocycles. The van der Waals surface area contributed by atoms with Gasteiger partial charge in [-0.1, -0.05) is 30.4 Å². The minimum atomic E-state index is 0.520. The first-order chi connectivity index (χ1) is 11.4. The van der Waals surface area contributed by atoms with Gasteiger partial charge in [-0.3, -0.25) is 0 Å². The van der Waals surface area contributed by atoms with Crippen molar-refractivity contribution >= 4 is 11.8 Å². The van der Waals surface area contributed by atoms with E-state index < -0.39 is 0 Å². The van der Waals surface area contributed by atoms with Crippen molar-refractivity contribution in [1.29, 1.82) is 0 Å². The lowest BCUT2D eigenvalue weighted by Gasteiger charge is -2.52. The lowest BCUT2D eigenvalue weighted by Crippen LogP contribution is -2.55. The fourth-order valence-electron chi connectivity index (χ4n) is 6.63. The Bertz CT molecular complexity index is 684. The zero-order valence-corrected chi connectivity index (χ0v) is 14.0. The van der Waals surface area contributed by atoms with Gasteiger partial charge in [0, 0.05) is 16.1 Å². The Morgan fingerprint density at radius 1 is 0.913 bits per heavy atom. The van der Waals surface area contributed by atoms with Gasteiger partial charge >= 0.3 is 0 Å². The minimum Gasteiger partial charge on any atom is -0.190 e. The fraction of sp³-hybridized carbons (Fsp3) is 0.600. The molecule has 0 unspecified atom stereocenters. The summed E-state index contributed by atoms with van der Waals surface area (Å²) in [4.78, 5) is 1.45. The maximum Gasteiger partial charge on any atom is 0.0808 e. The van der Waals surface area contributed by atoms with E-state index in [0.29, 0.717) is 12.1 Å². The molecule has 1 aromatic carbocycles. The number of hydrogen-bond acceptors (Lipinski definition) is 3. The van der Waals surface area contributed by atoms with Crippen LogP contribution in [0.15, 0.2) is 57.6 Å². The van der Waals surface area contributed by atoms with Gasteiger partial charge in [0.05, 0.1) is 12.1 Å². The zero-order valence-electron chi connectivity index (χ0n) is 13.2. The Hall–Kier alpha value is -1.09. The van der Waals surface area contributed by atoms with Crippen LogP contribution in [0.3, 0.4) is 0 Å². The monoisotopic (exact) mass is 322 g/mol. The molecule has 3 saturated carbocycles. The highest BCUT2D eigenvalue weighted by molar-refractivity contribution is 8.00. The van der Waals surface area contributed by atoms with Crippen LogP contribution in [0.2, 0.25) is 0 Å². The van der Waals surface area contributed by atoms with Gasteiger partial charge in [0.25, 0.3) is 0 Å². The van der Waals surface area contributed by atoms with Gasteiger partial charge in [-0.15, -0.1) is 11.8 Å².